The second-order valence-corrected chi connectivity index (χ2v) is 6.68. The lowest BCUT2D eigenvalue weighted by Crippen LogP contribution is -2.21. The number of rotatable bonds is 8. The van der Waals surface area contributed by atoms with Crippen LogP contribution in [0.2, 0.25) is 0 Å². The van der Waals surface area contributed by atoms with Gasteiger partial charge in [-0.1, -0.05) is 32.0 Å². The molecule has 1 unspecified atom stereocenters. The number of nitrogens with zero attached hydrogens (tertiary/aromatic N) is 1. The maximum Gasteiger partial charge on any atom is 0.0483 e. The van der Waals surface area contributed by atoms with E-state index in [4.69, 9.17) is 5.73 Å². The number of aryl methyl sites for hydroxylation is 1. The van der Waals surface area contributed by atoms with Crippen molar-refractivity contribution in [3.63, 3.8) is 0 Å². The fraction of sp³-hybridized carbons (Fsp3) is 0.529. The number of nitrogens with two attached hydrogens (primary N) is 1. The number of hydrogen-bond donors (Lipinski definition) is 1. The molecule has 1 atom stereocenters. The van der Waals surface area contributed by atoms with Gasteiger partial charge in [-0.2, -0.15) is 11.8 Å². The average Bonchev–Trinajstić information content (AvgIpc) is 2.82. The van der Waals surface area contributed by atoms with Crippen LogP contribution in [0, 0.1) is 0 Å². The van der Waals surface area contributed by atoms with Gasteiger partial charge in [0.2, 0.25) is 0 Å². The van der Waals surface area contributed by atoms with E-state index >= 15 is 0 Å². The Morgan fingerprint density at radius 1 is 1.25 bits per heavy atom. The van der Waals surface area contributed by atoms with Crippen molar-refractivity contribution in [2.45, 2.75) is 45.7 Å². The molecule has 2 rings (SSSR count). The predicted molar refractivity (Wildman–Crippen MR) is 91.5 cm³/mol. The first-order valence-corrected chi connectivity index (χ1v) is 8.81. The summed E-state index contributed by atoms with van der Waals surface area (Å²) in [6, 6.07) is 8.97. The third-order valence-corrected chi connectivity index (χ3v) is 4.75. The molecule has 1 heterocycles. The van der Waals surface area contributed by atoms with E-state index in [0.29, 0.717) is 0 Å². The number of fused-ring (bicyclic) bond motifs is 1. The summed E-state index contributed by atoms with van der Waals surface area (Å²) < 4.78 is 2.41. The van der Waals surface area contributed by atoms with E-state index in [1.54, 1.807) is 0 Å². The molecule has 0 radical (unpaired) electrons. The molecule has 0 spiro atoms. The Balaban J connectivity index is 2.17. The van der Waals surface area contributed by atoms with Crippen LogP contribution in [0.4, 0.5) is 0 Å². The van der Waals surface area contributed by atoms with Gasteiger partial charge in [0.15, 0.2) is 0 Å². The lowest BCUT2D eigenvalue weighted by atomic mass is 10.0. The quantitative estimate of drug-likeness (QED) is 0.743. The normalized spacial score (nSPS) is 12.9. The van der Waals surface area contributed by atoms with Crippen molar-refractivity contribution >= 4 is 22.7 Å². The topological polar surface area (TPSA) is 30.9 Å². The summed E-state index contributed by atoms with van der Waals surface area (Å²) in [6.07, 6.45) is 5.56. The Morgan fingerprint density at radius 2 is 2.05 bits per heavy atom. The summed E-state index contributed by atoms with van der Waals surface area (Å²) in [6.45, 7) is 5.49. The first-order valence-electron chi connectivity index (χ1n) is 7.66. The molecule has 1 aromatic heterocycles. The van der Waals surface area contributed by atoms with E-state index in [2.05, 4.69) is 48.9 Å². The van der Waals surface area contributed by atoms with Gasteiger partial charge in [0.25, 0.3) is 0 Å². The molecule has 2 N–H and O–H groups in total. The van der Waals surface area contributed by atoms with Crippen molar-refractivity contribution in [3.8, 4) is 0 Å². The smallest absolute Gasteiger partial charge is 0.0483 e. The Hall–Kier alpha value is -0.930. The van der Waals surface area contributed by atoms with Gasteiger partial charge in [-0.25, -0.2) is 0 Å². The minimum Gasteiger partial charge on any atom is -0.347 e. The maximum absolute atomic E-state index is 6.13. The van der Waals surface area contributed by atoms with Gasteiger partial charge >= 0.3 is 0 Å². The van der Waals surface area contributed by atoms with Crippen LogP contribution in [0.1, 0.15) is 32.3 Å². The summed E-state index contributed by atoms with van der Waals surface area (Å²) in [5, 5.41) is 1.37. The summed E-state index contributed by atoms with van der Waals surface area (Å²) >= 11 is 2.02. The second-order valence-electron chi connectivity index (χ2n) is 5.29. The molecule has 0 bridgehead atoms. The Morgan fingerprint density at radius 3 is 2.80 bits per heavy atom. The van der Waals surface area contributed by atoms with E-state index < -0.39 is 0 Å². The minimum absolute atomic E-state index is 0.268. The highest BCUT2D eigenvalue weighted by molar-refractivity contribution is 7.99. The summed E-state index contributed by atoms with van der Waals surface area (Å²) in [7, 11) is 0. The molecule has 20 heavy (non-hydrogen) atoms. The van der Waals surface area contributed by atoms with Gasteiger partial charge in [-0.15, -0.1) is 0 Å². The zero-order valence-corrected chi connectivity index (χ0v) is 13.5. The first-order chi connectivity index (χ1) is 9.76. The number of aromatic nitrogens is 1. The van der Waals surface area contributed by atoms with E-state index in [9.17, 15) is 0 Å². The van der Waals surface area contributed by atoms with Crippen LogP contribution < -0.4 is 5.73 Å². The number of benzene rings is 1. The van der Waals surface area contributed by atoms with Gasteiger partial charge in [0.05, 0.1) is 0 Å². The second kappa shape index (κ2) is 7.75. The van der Waals surface area contributed by atoms with Crippen molar-refractivity contribution in [2.24, 2.45) is 5.73 Å². The molecule has 110 valence electrons. The lowest BCUT2D eigenvalue weighted by molar-refractivity contribution is 0.643. The Bertz CT molecular complexity index is 533. The standard InChI is InChI=1S/C17H26N2S/c1-3-15(18)12-14-13-19(10-7-11-20-4-2)17-9-6-5-8-16(14)17/h5-6,8-9,13,15H,3-4,7,10-12,18H2,1-2H3. The fourth-order valence-electron chi connectivity index (χ4n) is 2.58. The molecule has 1 aromatic carbocycles. The molecule has 3 heteroatoms. The van der Waals surface area contributed by atoms with E-state index in [-0.39, 0.29) is 6.04 Å². The van der Waals surface area contributed by atoms with E-state index in [0.717, 1.165) is 19.4 Å². The molecular weight excluding hydrogens is 264 g/mol. The van der Waals surface area contributed by atoms with Crippen molar-refractivity contribution in [2.75, 3.05) is 11.5 Å². The summed E-state index contributed by atoms with van der Waals surface area (Å²) in [4.78, 5) is 0. The molecule has 0 amide bonds. The van der Waals surface area contributed by atoms with Crippen LogP contribution in [0.3, 0.4) is 0 Å². The zero-order valence-electron chi connectivity index (χ0n) is 12.6. The maximum atomic E-state index is 6.13. The van der Waals surface area contributed by atoms with Crippen molar-refractivity contribution in [1.29, 1.82) is 0 Å². The summed E-state index contributed by atoms with van der Waals surface area (Å²) in [5.41, 5.74) is 8.89. The van der Waals surface area contributed by atoms with Gasteiger partial charge in [0.1, 0.15) is 0 Å². The number of thioether (sulfide) groups is 1. The number of para-hydroxylation sites is 1. The molecule has 0 aliphatic rings. The molecular formula is C17H26N2S. The molecule has 0 aliphatic carbocycles. The predicted octanol–water partition coefficient (Wildman–Crippen LogP) is 4.06. The van der Waals surface area contributed by atoms with Crippen molar-refractivity contribution < 1.29 is 0 Å². The van der Waals surface area contributed by atoms with Crippen LogP contribution in [-0.2, 0) is 13.0 Å². The van der Waals surface area contributed by atoms with Gasteiger partial charge in [-0.05, 0) is 42.4 Å². The fourth-order valence-corrected chi connectivity index (χ4v) is 3.20. The average molecular weight is 290 g/mol. The van der Waals surface area contributed by atoms with Crippen molar-refractivity contribution in [3.05, 3.63) is 36.0 Å². The minimum atomic E-state index is 0.268. The Kier molecular flexibility index (Phi) is 5.99. The van der Waals surface area contributed by atoms with Crippen LogP contribution in [0.15, 0.2) is 30.5 Å². The van der Waals surface area contributed by atoms with Crippen LogP contribution in [0.5, 0.6) is 0 Å². The highest BCUT2D eigenvalue weighted by atomic mass is 32.2. The monoisotopic (exact) mass is 290 g/mol. The number of hydrogen-bond acceptors (Lipinski definition) is 2. The first kappa shape index (κ1) is 15.5. The molecule has 2 aromatic rings. The van der Waals surface area contributed by atoms with Gasteiger partial charge < -0.3 is 10.3 Å². The van der Waals surface area contributed by atoms with E-state index in [1.807, 2.05) is 11.8 Å². The SMILES string of the molecule is CCSCCCn1cc(CC(N)CC)c2ccccc21. The largest absolute Gasteiger partial charge is 0.347 e. The van der Waals surface area contributed by atoms with Crippen LogP contribution in [-0.4, -0.2) is 22.1 Å². The van der Waals surface area contributed by atoms with E-state index in [1.165, 1.54) is 34.4 Å². The zero-order chi connectivity index (χ0) is 14.4. The molecule has 0 fully saturated rings. The highest BCUT2D eigenvalue weighted by Crippen LogP contribution is 2.23. The molecule has 0 saturated carbocycles. The van der Waals surface area contributed by atoms with Crippen molar-refractivity contribution in [1.82, 2.24) is 4.57 Å². The lowest BCUT2D eigenvalue weighted by Gasteiger charge is -2.06. The highest BCUT2D eigenvalue weighted by Gasteiger charge is 2.10. The third-order valence-electron chi connectivity index (χ3n) is 3.77. The van der Waals surface area contributed by atoms with Gasteiger partial charge in [-0.3, -0.25) is 0 Å². The Labute approximate surface area is 126 Å². The van der Waals surface area contributed by atoms with Crippen LogP contribution >= 0.6 is 11.8 Å². The third kappa shape index (κ3) is 3.80. The molecule has 2 nitrogen and oxygen atoms in total. The molecule has 0 saturated heterocycles. The van der Waals surface area contributed by atoms with Gasteiger partial charge in [0, 0.05) is 29.7 Å². The summed E-state index contributed by atoms with van der Waals surface area (Å²) in [5.74, 6) is 2.45. The van der Waals surface area contributed by atoms with Crippen LogP contribution in [0.25, 0.3) is 10.9 Å². The molecule has 0 aliphatic heterocycles.